The van der Waals surface area contributed by atoms with E-state index in [1.54, 1.807) is 0 Å². The number of nitriles is 1. The van der Waals surface area contributed by atoms with Crippen molar-refractivity contribution in [3.05, 3.63) is 20.5 Å². The third kappa shape index (κ3) is 3.33. The van der Waals surface area contributed by atoms with Crippen molar-refractivity contribution in [2.75, 3.05) is 32.7 Å². The van der Waals surface area contributed by atoms with Gasteiger partial charge in [-0.05, 0) is 0 Å². The van der Waals surface area contributed by atoms with E-state index in [2.05, 4.69) is 0 Å². The van der Waals surface area contributed by atoms with Crippen LogP contribution in [0.1, 0.15) is 0 Å². The van der Waals surface area contributed by atoms with Crippen molar-refractivity contribution < 1.29 is 13.3 Å². The van der Waals surface area contributed by atoms with Crippen LogP contribution in [0.3, 0.4) is 0 Å². The van der Waals surface area contributed by atoms with Crippen LogP contribution in [0.25, 0.3) is 0 Å². The maximum absolute atomic E-state index is 12.4. The average Bonchev–Trinajstić information content (AvgIpc) is 2.83. The standard InChI is InChI=1S/C10H11ClN4O4S2/c11-10-8(15(16)17)7-9(20-10)21(18,19)14-5-3-13(2-1-12)4-6-14/h7H,2-6H2. The third-order valence-corrected chi connectivity index (χ3v) is 6.75. The predicted molar refractivity (Wildman–Crippen MR) is 76.8 cm³/mol. The fourth-order valence-corrected chi connectivity index (χ4v) is 5.19. The van der Waals surface area contributed by atoms with Crippen LogP contribution in [-0.4, -0.2) is 55.3 Å². The average molecular weight is 351 g/mol. The van der Waals surface area contributed by atoms with Gasteiger partial charge >= 0.3 is 0 Å². The molecule has 0 aromatic carbocycles. The first kappa shape index (κ1) is 16.1. The highest BCUT2D eigenvalue weighted by Gasteiger charge is 2.32. The quantitative estimate of drug-likeness (QED) is 0.457. The molecule has 0 atom stereocenters. The molecule has 2 rings (SSSR count). The first-order chi connectivity index (χ1) is 9.86. The molecule has 0 saturated carbocycles. The minimum absolute atomic E-state index is 0.132. The second-order valence-electron chi connectivity index (χ2n) is 4.32. The summed E-state index contributed by atoms with van der Waals surface area (Å²) in [5.74, 6) is 0. The van der Waals surface area contributed by atoms with Gasteiger partial charge in [-0.3, -0.25) is 15.0 Å². The molecular weight excluding hydrogens is 340 g/mol. The van der Waals surface area contributed by atoms with Crippen molar-refractivity contribution in [3.8, 4) is 6.07 Å². The molecule has 0 unspecified atom stereocenters. The van der Waals surface area contributed by atoms with Crippen LogP contribution in [0.15, 0.2) is 10.3 Å². The molecule has 2 heterocycles. The lowest BCUT2D eigenvalue weighted by molar-refractivity contribution is -0.384. The lowest BCUT2D eigenvalue weighted by Crippen LogP contribution is -2.48. The Morgan fingerprint density at radius 1 is 1.43 bits per heavy atom. The summed E-state index contributed by atoms with van der Waals surface area (Å²) < 4.78 is 25.8. The molecule has 1 saturated heterocycles. The molecule has 0 amide bonds. The van der Waals surface area contributed by atoms with Crippen molar-refractivity contribution in [3.63, 3.8) is 0 Å². The van der Waals surface area contributed by atoms with Crippen molar-refractivity contribution in [2.24, 2.45) is 0 Å². The summed E-state index contributed by atoms with van der Waals surface area (Å²) in [6.45, 7) is 1.65. The normalized spacial score (nSPS) is 17.5. The Kier molecular flexibility index (Phi) is 4.80. The number of hydrogen-bond acceptors (Lipinski definition) is 7. The summed E-state index contributed by atoms with van der Waals surface area (Å²) in [6.07, 6.45) is 0. The predicted octanol–water partition coefficient (Wildman–Crippen LogP) is 1.14. The van der Waals surface area contributed by atoms with Gasteiger partial charge in [0.25, 0.3) is 15.7 Å². The number of piperazine rings is 1. The lowest BCUT2D eigenvalue weighted by atomic mass is 10.4. The van der Waals surface area contributed by atoms with Crippen LogP contribution in [0.5, 0.6) is 0 Å². The van der Waals surface area contributed by atoms with E-state index in [0.29, 0.717) is 24.4 Å². The Bertz CT molecular complexity index is 688. The molecule has 21 heavy (non-hydrogen) atoms. The van der Waals surface area contributed by atoms with Crippen LogP contribution >= 0.6 is 22.9 Å². The first-order valence-electron chi connectivity index (χ1n) is 5.89. The molecule has 114 valence electrons. The monoisotopic (exact) mass is 350 g/mol. The second kappa shape index (κ2) is 6.25. The molecule has 0 aliphatic carbocycles. The van der Waals surface area contributed by atoms with Crippen molar-refractivity contribution in [1.82, 2.24) is 9.21 Å². The summed E-state index contributed by atoms with van der Waals surface area (Å²) in [7, 11) is -3.78. The number of sulfonamides is 1. The molecule has 11 heteroatoms. The van der Waals surface area contributed by atoms with Crippen LogP contribution in [0.4, 0.5) is 5.69 Å². The highest BCUT2D eigenvalue weighted by atomic mass is 35.5. The molecule has 8 nitrogen and oxygen atoms in total. The lowest BCUT2D eigenvalue weighted by Gasteiger charge is -2.32. The Hall–Kier alpha value is -1.25. The van der Waals surface area contributed by atoms with Crippen LogP contribution in [0.2, 0.25) is 4.34 Å². The van der Waals surface area contributed by atoms with Crippen molar-refractivity contribution in [2.45, 2.75) is 4.21 Å². The van der Waals surface area contributed by atoms with E-state index >= 15 is 0 Å². The number of thiophene rings is 1. The van der Waals surface area contributed by atoms with Gasteiger partial charge < -0.3 is 0 Å². The van der Waals surface area contributed by atoms with Crippen molar-refractivity contribution >= 4 is 38.6 Å². The molecule has 0 radical (unpaired) electrons. The summed E-state index contributed by atoms with van der Waals surface area (Å²) in [4.78, 5) is 11.9. The fraction of sp³-hybridized carbons (Fsp3) is 0.500. The minimum atomic E-state index is -3.78. The number of halogens is 1. The summed E-state index contributed by atoms with van der Waals surface area (Å²) >= 11 is 6.38. The van der Waals surface area contributed by atoms with E-state index in [4.69, 9.17) is 16.9 Å². The molecule has 1 aliphatic heterocycles. The molecule has 1 aromatic heterocycles. The van der Waals surface area contributed by atoms with Gasteiger partial charge in [-0.1, -0.05) is 11.6 Å². The summed E-state index contributed by atoms with van der Waals surface area (Å²) in [5.41, 5.74) is -0.400. The smallest absolute Gasteiger partial charge is 0.288 e. The highest BCUT2D eigenvalue weighted by molar-refractivity contribution is 7.91. The van der Waals surface area contributed by atoms with E-state index in [1.165, 1.54) is 4.31 Å². The summed E-state index contributed by atoms with van der Waals surface area (Å²) in [6, 6.07) is 3.00. The Morgan fingerprint density at radius 2 is 2.05 bits per heavy atom. The molecule has 0 spiro atoms. The zero-order valence-electron chi connectivity index (χ0n) is 10.7. The van der Waals surface area contributed by atoms with Gasteiger partial charge in [0.1, 0.15) is 4.21 Å². The fourth-order valence-electron chi connectivity index (χ4n) is 1.95. The van der Waals surface area contributed by atoms with Gasteiger partial charge in [-0.15, -0.1) is 11.3 Å². The van der Waals surface area contributed by atoms with Gasteiger partial charge in [-0.25, -0.2) is 8.42 Å². The molecular formula is C10H11ClN4O4S2. The van der Waals surface area contributed by atoms with Gasteiger partial charge in [0.15, 0.2) is 4.34 Å². The van der Waals surface area contributed by atoms with Gasteiger partial charge in [0.05, 0.1) is 17.5 Å². The zero-order valence-corrected chi connectivity index (χ0v) is 13.1. The third-order valence-electron chi connectivity index (χ3n) is 3.06. The van der Waals surface area contributed by atoms with Crippen LogP contribution in [0, 0.1) is 21.4 Å². The van der Waals surface area contributed by atoms with Crippen molar-refractivity contribution in [1.29, 1.82) is 5.26 Å². The first-order valence-corrected chi connectivity index (χ1v) is 8.53. The zero-order chi connectivity index (χ0) is 15.6. The second-order valence-corrected chi connectivity index (χ2v) is 8.14. The van der Waals surface area contributed by atoms with Crippen LogP contribution < -0.4 is 0 Å². The van der Waals surface area contributed by atoms with Gasteiger partial charge in [0.2, 0.25) is 0 Å². The van der Waals surface area contributed by atoms with E-state index in [0.717, 1.165) is 6.07 Å². The molecule has 0 bridgehead atoms. The minimum Gasteiger partial charge on any atom is -0.288 e. The highest BCUT2D eigenvalue weighted by Crippen LogP contribution is 2.37. The Balaban J connectivity index is 2.18. The van der Waals surface area contributed by atoms with E-state index in [1.807, 2.05) is 11.0 Å². The number of nitrogens with zero attached hydrogens (tertiary/aromatic N) is 4. The maximum atomic E-state index is 12.4. The van der Waals surface area contributed by atoms with Gasteiger partial charge in [0, 0.05) is 32.2 Å². The molecule has 1 aromatic rings. The molecule has 0 N–H and O–H groups in total. The number of rotatable bonds is 4. The van der Waals surface area contributed by atoms with E-state index < -0.39 is 20.6 Å². The summed E-state index contributed by atoms with van der Waals surface area (Å²) in [5, 5.41) is 19.3. The number of hydrogen-bond donors (Lipinski definition) is 0. The maximum Gasteiger partial charge on any atom is 0.300 e. The largest absolute Gasteiger partial charge is 0.300 e. The topological polar surface area (TPSA) is 108 Å². The van der Waals surface area contributed by atoms with E-state index in [9.17, 15) is 18.5 Å². The van der Waals surface area contributed by atoms with Gasteiger partial charge in [-0.2, -0.15) is 9.57 Å². The van der Waals surface area contributed by atoms with Crippen LogP contribution in [-0.2, 0) is 10.0 Å². The molecule has 1 fully saturated rings. The number of nitro groups is 1. The SMILES string of the molecule is N#CCN1CCN(S(=O)(=O)c2cc([N+](=O)[O-])c(Cl)s2)CC1. The van der Waals surface area contributed by atoms with E-state index in [-0.39, 0.29) is 28.2 Å². The Labute approximate surface area is 130 Å². The Morgan fingerprint density at radius 3 is 2.52 bits per heavy atom. The molecule has 1 aliphatic rings.